The molecule has 4 heterocycles. The fourth-order valence-electron chi connectivity index (χ4n) is 3.92. The van der Waals surface area contributed by atoms with E-state index in [0.717, 1.165) is 21.9 Å². The highest BCUT2D eigenvalue weighted by molar-refractivity contribution is 7.89. The highest BCUT2D eigenvalue weighted by Gasteiger charge is 2.40. The maximum atomic E-state index is 13.0. The number of carbonyl (C=O) groups is 1. The first kappa shape index (κ1) is 19.5. The lowest BCUT2D eigenvalue weighted by Gasteiger charge is -2.37. The molecule has 2 aromatic heterocycles. The zero-order valence-corrected chi connectivity index (χ0v) is 17.6. The summed E-state index contributed by atoms with van der Waals surface area (Å²) in [6.45, 7) is 4.86. The molecule has 4 rings (SSSR count). The Morgan fingerprint density at radius 2 is 2.04 bits per heavy atom. The van der Waals surface area contributed by atoms with Crippen molar-refractivity contribution in [2.24, 2.45) is 0 Å². The normalized spacial score (nSPS) is 21.5. The van der Waals surface area contributed by atoms with Gasteiger partial charge in [0.2, 0.25) is 15.9 Å². The Labute approximate surface area is 169 Å². The Balaban J connectivity index is 1.41. The second kappa shape index (κ2) is 7.92. The van der Waals surface area contributed by atoms with Crippen LogP contribution in [0.2, 0.25) is 0 Å². The Bertz CT molecular complexity index is 920. The van der Waals surface area contributed by atoms with Crippen molar-refractivity contribution < 1.29 is 13.2 Å². The summed E-state index contributed by atoms with van der Waals surface area (Å²) < 4.78 is 26.4. The highest BCUT2D eigenvalue weighted by Crippen LogP contribution is 2.28. The molecule has 1 amide bonds. The van der Waals surface area contributed by atoms with E-state index < -0.39 is 16.1 Å². The molecule has 0 spiro atoms. The van der Waals surface area contributed by atoms with Crippen LogP contribution in [0.25, 0.3) is 10.3 Å². The van der Waals surface area contributed by atoms with Gasteiger partial charge in [0.1, 0.15) is 16.4 Å². The van der Waals surface area contributed by atoms with Gasteiger partial charge in [-0.15, -0.1) is 0 Å². The van der Waals surface area contributed by atoms with Gasteiger partial charge in [-0.1, -0.05) is 18.3 Å². The Morgan fingerprint density at radius 3 is 2.75 bits per heavy atom. The number of carbonyl (C=O) groups excluding carboxylic acids is 1. The number of thiazole rings is 1. The quantitative estimate of drug-likeness (QED) is 0.725. The van der Waals surface area contributed by atoms with Gasteiger partial charge in [-0.2, -0.15) is 4.31 Å². The van der Waals surface area contributed by atoms with Gasteiger partial charge in [0, 0.05) is 38.9 Å². The number of hydrogen-bond acceptors (Lipinski definition) is 7. The zero-order valence-electron chi connectivity index (χ0n) is 16.0. The van der Waals surface area contributed by atoms with Crippen LogP contribution in [0.3, 0.4) is 0 Å². The Kier molecular flexibility index (Phi) is 5.52. The van der Waals surface area contributed by atoms with Gasteiger partial charge >= 0.3 is 0 Å². The summed E-state index contributed by atoms with van der Waals surface area (Å²) in [7, 11) is -3.35. The van der Waals surface area contributed by atoms with Crippen molar-refractivity contribution in [2.75, 3.05) is 43.4 Å². The molecule has 2 aromatic rings. The average molecular weight is 424 g/mol. The molecule has 152 valence electrons. The minimum Gasteiger partial charge on any atom is -0.344 e. The van der Waals surface area contributed by atoms with Gasteiger partial charge < -0.3 is 9.80 Å². The number of sulfonamides is 1. The number of rotatable bonds is 5. The van der Waals surface area contributed by atoms with Crippen LogP contribution >= 0.6 is 11.3 Å². The zero-order chi connectivity index (χ0) is 19.7. The molecule has 2 fully saturated rings. The molecule has 2 aliphatic heterocycles. The van der Waals surface area contributed by atoms with Crippen LogP contribution in [0.15, 0.2) is 18.3 Å². The minimum atomic E-state index is -3.35. The van der Waals surface area contributed by atoms with Crippen LogP contribution in [0.5, 0.6) is 0 Å². The lowest BCUT2D eigenvalue weighted by molar-refractivity contribution is -0.134. The molecule has 0 saturated carbocycles. The first-order chi connectivity index (χ1) is 13.5. The number of aromatic nitrogens is 2. The largest absolute Gasteiger partial charge is 0.344 e. The van der Waals surface area contributed by atoms with E-state index in [4.69, 9.17) is 0 Å². The van der Waals surface area contributed by atoms with E-state index in [2.05, 4.69) is 14.9 Å². The number of fused-ring (bicyclic) bond motifs is 1. The predicted molar refractivity (Wildman–Crippen MR) is 110 cm³/mol. The van der Waals surface area contributed by atoms with Crippen molar-refractivity contribution in [1.82, 2.24) is 19.2 Å². The van der Waals surface area contributed by atoms with Gasteiger partial charge in [-0.3, -0.25) is 4.79 Å². The molecule has 28 heavy (non-hydrogen) atoms. The van der Waals surface area contributed by atoms with E-state index >= 15 is 0 Å². The average Bonchev–Trinajstić information content (AvgIpc) is 3.35. The van der Waals surface area contributed by atoms with Crippen LogP contribution in [0.1, 0.15) is 26.2 Å². The monoisotopic (exact) mass is 423 g/mol. The van der Waals surface area contributed by atoms with Crippen molar-refractivity contribution in [1.29, 1.82) is 0 Å². The van der Waals surface area contributed by atoms with E-state index in [1.165, 1.54) is 4.31 Å². The lowest BCUT2D eigenvalue weighted by Crippen LogP contribution is -2.54. The first-order valence-corrected chi connectivity index (χ1v) is 12.2. The third-order valence-corrected chi connectivity index (χ3v) is 8.44. The summed E-state index contributed by atoms with van der Waals surface area (Å²) in [4.78, 5) is 26.9. The first-order valence-electron chi connectivity index (χ1n) is 9.74. The molecule has 0 N–H and O–H groups in total. The lowest BCUT2D eigenvalue weighted by atomic mass is 10.2. The summed E-state index contributed by atoms with van der Waals surface area (Å²) in [6, 6.07) is 3.30. The van der Waals surface area contributed by atoms with Crippen LogP contribution in [0, 0.1) is 0 Å². The fourth-order valence-corrected chi connectivity index (χ4v) is 6.62. The molecular weight excluding hydrogens is 398 g/mol. The summed E-state index contributed by atoms with van der Waals surface area (Å²) in [5.41, 5.74) is 0.892. The maximum absolute atomic E-state index is 13.0. The molecule has 0 aliphatic carbocycles. The second-order valence-electron chi connectivity index (χ2n) is 7.22. The molecule has 1 unspecified atom stereocenters. The molecule has 0 bridgehead atoms. The minimum absolute atomic E-state index is 0.0530. The third-order valence-electron chi connectivity index (χ3n) is 5.33. The smallest absolute Gasteiger partial charge is 0.241 e. The number of pyridine rings is 1. The SMILES string of the molecule is CCCS(=O)(=O)N1CCCC1C(=O)N1CCN(c2nc3cccnc3s2)CC1. The molecule has 0 aromatic carbocycles. The van der Waals surface area contributed by atoms with Gasteiger partial charge in [-0.05, 0) is 31.4 Å². The topological polar surface area (TPSA) is 86.7 Å². The van der Waals surface area contributed by atoms with E-state index in [1.807, 2.05) is 24.0 Å². The highest BCUT2D eigenvalue weighted by atomic mass is 32.2. The molecule has 2 aliphatic rings. The van der Waals surface area contributed by atoms with Crippen LogP contribution < -0.4 is 4.90 Å². The van der Waals surface area contributed by atoms with Crippen molar-refractivity contribution in [3.63, 3.8) is 0 Å². The maximum Gasteiger partial charge on any atom is 0.241 e. The van der Waals surface area contributed by atoms with E-state index in [-0.39, 0.29) is 11.7 Å². The standard InChI is InChI=1S/C18H25N5O3S2/c1-2-13-28(25,26)23-8-4-6-15(23)17(24)21-9-11-22(12-10-21)18-20-14-5-3-7-19-16(14)27-18/h3,5,7,15H,2,4,6,8-13H2,1H3. The number of piperazine rings is 1. The number of anilines is 1. The molecule has 8 nitrogen and oxygen atoms in total. The summed E-state index contributed by atoms with van der Waals surface area (Å²) in [6.07, 6.45) is 3.69. The van der Waals surface area contributed by atoms with E-state index in [0.29, 0.717) is 45.6 Å². The van der Waals surface area contributed by atoms with Crippen molar-refractivity contribution in [3.8, 4) is 0 Å². The molecule has 0 radical (unpaired) electrons. The summed E-state index contributed by atoms with van der Waals surface area (Å²) >= 11 is 1.56. The Morgan fingerprint density at radius 1 is 1.25 bits per heavy atom. The van der Waals surface area contributed by atoms with Gasteiger partial charge in [0.15, 0.2) is 5.13 Å². The third kappa shape index (κ3) is 3.72. The van der Waals surface area contributed by atoms with E-state index in [9.17, 15) is 13.2 Å². The fraction of sp³-hybridized carbons (Fsp3) is 0.611. The number of nitrogens with zero attached hydrogens (tertiary/aromatic N) is 5. The van der Waals surface area contributed by atoms with Crippen molar-refractivity contribution in [3.05, 3.63) is 18.3 Å². The van der Waals surface area contributed by atoms with Gasteiger partial charge in [-0.25, -0.2) is 18.4 Å². The number of amides is 1. The van der Waals surface area contributed by atoms with Crippen molar-refractivity contribution in [2.45, 2.75) is 32.2 Å². The summed E-state index contributed by atoms with van der Waals surface area (Å²) in [5.74, 6) is 0.0544. The molecule has 2 saturated heterocycles. The summed E-state index contributed by atoms with van der Waals surface area (Å²) in [5, 5.41) is 0.925. The van der Waals surface area contributed by atoms with Crippen LogP contribution in [0.4, 0.5) is 5.13 Å². The predicted octanol–water partition coefficient (Wildman–Crippen LogP) is 1.54. The van der Waals surface area contributed by atoms with Gasteiger partial charge in [0.05, 0.1) is 5.75 Å². The van der Waals surface area contributed by atoms with Crippen LogP contribution in [-0.4, -0.2) is 78.0 Å². The van der Waals surface area contributed by atoms with Crippen molar-refractivity contribution >= 4 is 42.7 Å². The Hall–Kier alpha value is -1.78. The molecule has 10 heteroatoms. The number of hydrogen-bond donors (Lipinski definition) is 0. The molecular formula is C18H25N5O3S2. The van der Waals surface area contributed by atoms with Crippen LogP contribution in [-0.2, 0) is 14.8 Å². The van der Waals surface area contributed by atoms with Gasteiger partial charge in [0.25, 0.3) is 0 Å². The van der Waals surface area contributed by atoms with E-state index in [1.54, 1.807) is 17.5 Å². The second-order valence-corrected chi connectivity index (χ2v) is 10.2. The molecule has 1 atom stereocenters.